The number of hydrogen-bond donors (Lipinski definition) is 3. The number of amides is 1. The Labute approximate surface area is 192 Å². The van der Waals surface area contributed by atoms with E-state index >= 15 is 0 Å². The number of rotatable bonds is 6. The molecule has 33 heavy (non-hydrogen) atoms. The van der Waals surface area contributed by atoms with Gasteiger partial charge in [-0.3, -0.25) is 4.79 Å². The molecule has 1 amide bonds. The van der Waals surface area contributed by atoms with Gasteiger partial charge in [-0.15, -0.1) is 0 Å². The van der Waals surface area contributed by atoms with E-state index in [-0.39, 0.29) is 17.4 Å². The zero-order valence-electron chi connectivity index (χ0n) is 18.9. The second kappa shape index (κ2) is 8.67. The van der Waals surface area contributed by atoms with Crippen LogP contribution >= 0.6 is 0 Å². The topological polar surface area (TPSA) is 117 Å². The highest BCUT2D eigenvalue weighted by molar-refractivity contribution is 5.98. The maximum atomic E-state index is 13.0. The largest absolute Gasteiger partial charge is 0.382 e. The summed E-state index contributed by atoms with van der Waals surface area (Å²) in [7, 11) is 2.08. The SMILES string of the molecule is CCc1cnn2ccc(-c3nc(C(=O)NC[C@@H]4CCCN4C)c(N)nc3-c3ccc[nH]3)cc12. The van der Waals surface area contributed by atoms with Crippen molar-refractivity contribution in [3.05, 3.63) is 54.1 Å². The minimum Gasteiger partial charge on any atom is -0.382 e. The van der Waals surface area contributed by atoms with E-state index in [1.54, 1.807) is 0 Å². The number of likely N-dealkylation sites (tertiary alicyclic amines) is 1. The van der Waals surface area contributed by atoms with Crippen LogP contribution in [0, 0.1) is 0 Å². The van der Waals surface area contributed by atoms with Gasteiger partial charge in [0.05, 0.1) is 23.1 Å². The monoisotopic (exact) mass is 444 g/mol. The highest BCUT2D eigenvalue weighted by atomic mass is 16.1. The Bertz CT molecular complexity index is 1290. The number of fused-ring (bicyclic) bond motifs is 1. The van der Waals surface area contributed by atoms with Crippen molar-refractivity contribution in [1.29, 1.82) is 0 Å². The summed E-state index contributed by atoms with van der Waals surface area (Å²) < 4.78 is 1.84. The quantitative estimate of drug-likeness (QED) is 0.421. The van der Waals surface area contributed by atoms with Crippen molar-refractivity contribution in [1.82, 2.24) is 34.8 Å². The first-order valence-electron chi connectivity index (χ1n) is 11.3. The third-order valence-corrected chi connectivity index (χ3v) is 6.42. The molecule has 4 aromatic heterocycles. The summed E-state index contributed by atoms with van der Waals surface area (Å²) >= 11 is 0. The summed E-state index contributed by atoms with van der Waals surface area (Å²) in [6, 6.07) is 8.11. The van der Waals surface area contributed by atoms with E-state index in [2.05, 4.69) is 39.3 Å². The minimum atomic E-state index is -0.306. The maximum Gasteiger partial charge on any atom is 0.273 e. The lowest BCUT2D eigenvalue weighted by molar-refractivity contribution is 0.0939. The Morgan fingerprint density at radius 2 is 2.18 bits per heavy atom. The predicted octanol–water partition coefficient (Wildman–Crippen LogP) is 2.75. The number of nitrogen functional groups attached to an aromatic ring is 1. The van der Waals surface area contributed by atoms with Crippen LogP contribution in [0.25, 0.3) is 28.2 Å². The standard InChI is InChI=1S/C24H28N8O/c1-3-15-13-28-32-11-8-16(12-19(15)32)20-21(18-7-4-9-26-18)30-23(25)22(29-20)24(33)27-14-17-6-5-10-31(17)2/h4,7-9,11-13,17,26H,3,5-6,10,14H2,1-2H3,(H2,25,30)(H,27,33)/t17-/m0/s1. The highest BCUT2D eigenvalue weighted by Crippen LogP contribution is 2.31. The molecular formula is C24H28N8O. The van der Waals surface area contributed by atoms with Crippen LogP contribution in [-0.4, -0.2) is 61.6 Å². The van der Waals surface area contributed by atoms with E-state index < -0.39 is 0 Å². The number of aromatic amines is 1. The van der Waals surface area contributed by atoms with E-state index in [0.717, 1.165) is 48.1 Å². The Balaban J connectivity index is 1.56. The third-order valence-electron chi connectivity index (χ3n) is 6.42. The average Bonchev–Trinajstić information content (AvgIpc) is 3.58. The van der Waals surface area contributed by atoms with E-state index in [0.29, 0.717) is 24.0 Å². The molecule has 0 radical (unpaired) electrons. The van der Waals surface area contributed by atoms with Gasteiger partial charge in [-0.2, -0.15) is 5.10 Å². The van der Waals surface area contributed by atoms with Crippen molar-refractivity contribution in [3.63, 3.8) is 0 Å². The predicted molar refractivity (Wildman–Crippen MR) is 128 cm³/mol. The average molecular weight is 445 g/mol. The number of hydrogen-bond acceptors (Lipinski definition) is 6. The molecular weight excluding hydrogens is 416 g/mol. The molecule has 170 valence electrons. The molecule has 0 unspecified atom stereocenters. The van der Waals surface area contributed by atoms with E-state index in [1.807, 2.05) is 47.4 Å². The fraction of sp³-hybridized carbons (Fsp3) is 0.333. The van der Waals surface area contributed by atoms with Gasteiger partial charge < -0.3 is 20.9 Å². The highest BCUT2D eigenvalue weighted by Gasteiger charge is 2.24. The number of nitrogens with zero attached hydrogens (tertiary/aromatic N) is 5. The maximum absolute atomic E-state index is 13.0. The van der Waals surface area contributed by atoms with Crippen molar-refractivity contribution in [2.75, 3.05) is 25.9 Å². The van der Waals surface area contributed by atoms with Crippen LogP contribution in [0.3, 0.4) is 0 Å². The van der Waals surface area contributed by atoms with Gasteiger partial charge in [-0.05, 0) is 62.7 Å². The number of aromatic nitrogens is 5. The zero-order valence-corrected chi connectivity index (χ0v) is 18.9. The van der Waals surface area contributed by atoms with E-state index in [1.165, 1.54) is 0 Å². The minimum absolute atomic E-state index is 0.111. The van der Waals surface area contributed by atoms with Crippen LogP contribution in [0.2, 0.25) is 0 Å². The summed E-state index contributed by atoms with van der Waals surface area (Å²) in [6.07, 6.45) is 8.68. The number of carbonyl (C=O) groups excluding carboxylic acids is 1. The molecule has 0 spiro atoms. The van der Waals surface area contributed by atoms with Gasteiger partial charge in [0, 0.05) is 30.5 Å². The molecule has 4 N–H and O–H groups in total. The van der Waals surface area contributed by atoms with E-state index in [4.69, 9.17) is 10.7 Å². The molecule has 0 bridgehead atoms. The molecule has 1 saturated heterocycles. The van der Waals surface area contributed by atoms with Crippen molar-refractivity contribution in [3.8, 4) is 22.6 Å². The zero-order chi connectivity index (χ0) is 22.9. The number of anilines is 1. The van der Waals surface area contributed by atoms with Gasteiger partial charge in [0.2, 0.25) is 0 Å². The van der Waals surface area contributed by atoms with Crippen molar-refractivity contribution in [2.45, 2.75) is 32.2 Å². The molecule has 5 rings (SSSR count). The van der Waals surface area contributed by atoms with Gasteiger partial charge in [-0.25, -0.2) is 14.5 Å². The fourth-order valence-corrected chi connectivity index (χ4v) is 4.46. The van der Waals surface area contributed by atoms with Crippen LogP contribution < -0.4 is 11.1 Å². The van der Waals surface area contributed by atoms with Crippen molar-refractivity contribution >= 4 is 17.2 Å². The molecule has 0 aromatic carbocycles. The Hall–Kier alpha value is -3.72. The van der Waals surface area contributed by atoms with Crippen LogP contribution in [0.5, 0.6) is 0 Å². The Kier molecular flexibility index (Phi) is 5.55. The van der Waals surface area contributed by atoms with Gasteiger partial charge in [-0.1, -0.05) is 6.92 Å². The molecule has 9 nitrogen and oxygen atoms in total. The number of carbonyl (C=O) groups is 1. The number of nitrogens with one attached hydrogen (secondary N) is 2. The van der Waals surface area contributed by atoms with Crippen molar-refractivity contribution in [2.24, 2.45) is 0 Å². The van der Waals surface area contributed by atoms with Gasteiger partial charge in [0.25, 0.3) is 5.91 Å². The lowest BCUT2D eigenvalue weighted by atomic mass is 10.1. The molecule has 1 aliphatic heterocycles. The molecule has 1 aliphatic rings. The summed E-state index contributed by atoms with van der Waals surface area (Å²) in [4.78, 5) is 27.8. The second-order valence-electron chi connectivity index (χ2n) is 8.49. The number of H-pyrrole nitrogens is 1. The number of pyridine rings is 1. The van der Waals surface area contributed by atoms with Crippen LogP contribution in [-0.2, 0) is 6.42 Å². The normalized spacial score (nSPS) is 16.5. The molecule has 0 saturated carbocycles. The number of aryl methyl sites for hydroxylation is 1. The lowest BCUT2D eigenvalue weighted by Crippen LogP contribution is -2.38. The molecule has 5 heterocycles. The lowest BCUT2D eigenvalue weighted by Gasteiger charge is -2.20. The van der Waals surface area contributed by atoms with Crippen LogP contribution in [0.15, 0.2) is 42.9 Å². The van der Waals surface area contributed by atoms with Gasteiger partial charge in [0.15, 0.2) is 11.5 Å². The first-order valence-corrected chi connectivity index (χ1v) is 11.3. The smallest absolute Gasteiger partial charge is 0.273 e. The van der Waals surface area contributed by atoms with Crippen molar-refractivity contribution < 1.29 is 4.79 Å². The first-order chi connectivity index (χ1) is 16.0. The molecule has 0 aliphatic carbocycles. The number of nitrogens with two attached hydrogens (primary N) is 1. The molecule has 4 aromatic rings. The molecule has 9 heteroatoms. The van der Waals surface area contributed by atoms with Gasteiger partial charge >= 0.3 is 0 Å². The van der Waals surface area contributed by atoms with Gasteiger partial charge in [0.1, 0.15) is 5.69 Å². The molecule has 1 fully saturated rings. The summed E-state index contributed by atoms with van der Waals surface area (Å²) in [5.74, 6) is -0.195. The third kappa shape index (κ3) is 3.95. The summed E-state index contributed by atoms with van der Waals surface area (Å²) in [5, 5.41) is 7.41. The Morgan fingerprint density at radius 1 is 1.30 bits per heavy atom. The van der Waals surface area contributed by atoms with Crippen LogP contribution in [0.4, 0.5) is 5.82 Å². The fourth-order valence-electron chi connectivity index (χ4n) is 4.46. The summed E-state index contributed by atoms with van der Waals surface area (Å²) in [5.41, 5.74) is 11.3. The summed E-state index contributed by atoms with van der Waals surface area (Å²) in [6.45, 7) is 3.71. The molecule has 1 atom stereocenters. The Morgan fingerprint density at radius 3 is 2.91 bits per heavy atom. The van der Waals surface area contributed by atoms with Crippen LogP contribution in [0.1, 0.15) is 35.8 Å². The second-order valence-corrected chi connectivity index (χ2v) is 8.49. The number of likely N-dealkylation sites (N-methyl/N-ethyl adjacent to an activating group) is 1. The van der Waals surface area contributed by atoms with E-state index in [9.17, 15) is 4.79 Å². The first kappa shape index (κ1) is 21.1.